The number of aliphatic hydroxyl groups excluding tert-OH is 1. The van der Waals surface area contributed by atoms with Crippen molar-refractivity contribution in [2.24, 2.45) is 11.8 Å². The predicted octanol–water partition coefficient (Wildman–Crippen LogP) is 0.378. The molecular weight excluding hydrogens is 232 g/mol. The summed E-state index contributed by atoms with van der Waals surface area (Å²) in [5.74, 6) is 0.0195. The summed E-state index contributed by atoms with van der Waals surface area (Å²) in [6.07, 6.45) is 0.278. The maximum Gasteiger partial charge on any atom is 0.225 e. The SMILES string of the molecule is CC(C)CN1CC(C(=O)NC(C)(C)CO)CC1=O. The quantitative estimate of drug-likeness (QED) is 0.747. The van der Waals surface area contributed by atoms with E-state index >= 15 is 0 Å². The molecule has 0 aromatic heterocycles. The van der Waals surface area contributed by atoms with Gasteiger partial charge in [0, 0.05) is 19.5 Å². The van der Waals surface area contributed by atoms with Gasteiger partial charge in [-0.3, -0.25) is 9.59 Å². The standard InChI is InChI=1S/C13H24N2O3/c1-9(2)6-15-7-10(5-11(15)17)12(18)14-13(3,4)8-16/h9-10,16H,5-8H2,1-4H3,(H,14,18). The van der Waals surface area contributed by atoms with Crippen LogP contribution in [0, 0.1) is 11.8 Å². The highest BCUT2D eigenvalue weighted by molar-refractivity contribution is 5.89. The molecule has 104 valence electrons. The summed E-state index contributed by atoms with van der Waals surface area (Å²) in [6.45, 7) is 8.69. The Hall–Kier alpha value is -1.10. The van der Waals surface area contributed by atoms with Crippen LogP contribution in [0.25, 0.3) is 0 Å². The van der Waals surface area contributed by atoms with Gasteiger partial charge < -0.3 is 15.3 Å². The number of carbonyl (C=O) groups excluding carboxylic acids is 2. The van der Waals surface area contributed by atoms with E-state index in [1.807, 2.05) is 0 Å². The van der Waals surface area contributed by atoms with Crippen molar-refractivity contribution in [3.05, 3.63) is 0 Å². The zero-order chi connectivity index (χ0) is 13.9. The molecule has 0 spiro atoms. The Morgan fingerprint density at radius 3 is 2.67 bits per heavy atom. The van der Waals surface area contributed by atoms with E-state index in [1.54, 1.807) is 18.7 Å². The molecule has 5 heteroatoms. The minimum absolute atomic E-state index is 0.0469. The van der Waals surface area contributed by atoms with Gasteiger partial charge in [-0.05, 0) is 19.8 Å². The van der Waals surface area contributed by atoms with Gasteiger partial charge in [0.2, 0.25) is 11.8 Å². The first-order chi connectivity index (χ1) is 8.25. The van der Waals surface area contributed by atoms with Crippen molar-refractivity contribution < 1.29 is 14.7 Å². The summed E-state index contributed by atoms with van der Waals surface area (Å²) in [6, 6.07) is 0. The lowest BCUT2D eigenvalue weighted by atomic mass is 10.0. The average molecular weight is 256 g/mol. The third kappa shape index (κ3) is 3.98. The summed E-state index contributed by atoms with van der Waals surface area (Å²) in [5.41, 5.74) is -0.633. The Balaban J connectivity index is 2.55. The van der Waals surface area contributed by atoms with E-state index in [9.17, 15) is 9.59 Å². The minimum atomic E-state index is -0.633. The summed E-state index contributed by atoms with van der Waals surface area (Å²) in [7, 11) is 0. The molecule has 1 fully saturated rings. The Kier molecular flexibility index (Phi) is 4.73. The first kappa shape index (κ1) is 15.0. The molecule has 0 saturated carbocycles. The largest absolute Gasteiger partial charge is 0.394 e. The number of likely N-dealkylation sites (tertiary alicyclic amines) is 1. The molecule has 18 heavy (non-hydrogen) atoms. The zero-order valence-corrected chi connectivity index (χ0v) is 11.7. The van der Waals surface area contributed by atoms with Crippen molar-refractivity contribution in [2.45, 2.75) is 39.7 Å². The van der Waals surface area contributed by atoms with Crippen LogP contribution < -0.4 is 5.32 Å². The second kappa shape index (κ2) is 5.69. The molecule has 0 aromatic rings. The zero-order valence-electron chi connectivity index (χ0n) is 11.7. The molecule has 2 N–H and O–H groups in total. The number of nitrogens with zero attached hydrogens (tertiary/aromatic N) is 1. The fourth-order valence-corrected chi connectivity index (χ4v) is 2.04. The van der Waals surface area contributed by atoms with Crippen LogP contribution in [0.3, 0.4) is 0 Å². The topological polar surface area (TPSA) is 69.6 Å². The molecular formula is C13H24N2O3. The van der Waals surface area contributed by atoms with Crippen molar-refractivity contribution in [1.82, 2.24) is 10.2 Å². The van der Waals surface area contributed by atoms with Crippen LogP contribution >= 0.6 is 0 Å². The van der Waals surface area contributed by atoms with Crippen LogP contribution in [0.4, 0.5) is 0 Å². The van der Waals surface area contributed by atoms with Gasteiger partial charge in [-0.15, -0.1) is 0 Å². The molecule has 1 heterocycles. The van der Waals surface area contributed by atoms with Crippen LogP contribution in [-0.2, 0) is 9.59 Å². The fourth-order valence-electron chi connectivity index (χ4n) is 2.04. The normalized spacial score (nSPS) is 20.7. The van der Waals surface area contributed by atoms with E-state index in [0.29, 0.717) is 19.0 Å². The minimum Gasteiger partial charge on any atom is -0.394 e. The Labute approximate surface area is 109 Å². The lowest BCUT2D eigenvalue weighted by Crippen LogP contribution is -2.49. The average Bonchev–Trinajstić information content (AvgIpc) is 2.59. The Bertz CT molecular complexity index is 326. The molecule has 1 saturated heterocycles. The smallest absolute Gasteiger partial charge is 0.225 e. The molecule has 0 radical (unpaired) electrons. The summed E-state index contributed by atoms with van der Waals surface area (Å²) in [5, 5.41) is 11.9. The second-order valence-corrected chi connectivity index (χ2v) is 6.12. The molecule has 5 nitrogen and oxygen atoms in total. The van der Waals surface area contributed by atoms with Crippen molar-refractivity contribution in [3.8, 4) is 0 Å². The number of aliphatic hydroxyl groups is 1. The third-order valence-electron chi connectivity index (χ3n) is 3.03. The van der Waals surface area contributed by atoms with Gasteiger partial charge in [-0.25, -0.2) is 0 Å². The fraction of sp³-hybridized carbons (Fsp3) is 0.846. The van der Waals surface area contributed by atoms with E-state index in [-0.39, 0.29) is 30.8 Å². The number of hydrogen-bond donors (Lipinski definition) is 2. The first-order valence-electron chi connectivity index (χ1n) is 6.46. The molecule has 1 unspecified atom stereocenters. The molecule has 1 aliphatic heterocycles. The van der Waals surface area contributed by atoms with Crippen molar-refractivity contribution in [2.75, 3.05) is 19.7 Å². The number of nitrogens with one attached hydrogen (secondary N) is 1. The molecule has 1 rings (SSSR count). The highest BCUT2D eigenvalue weighted by Crippen LogP contribution is 2.20. The van der Waals surface area contributed by atoms with Gasteiger partial charge in [0.05, 0.1) is 18.1 Å². The van der Waals surface area contributed by atoms with Crippen molar-refractivity contribution in [1.29, 1.82) is 0 Å². The molecule has 0 aromatic carbocycles. The number of rotatable bonds is 5. The van der Waals surface area contributed by atoms with E-state index in [1.165, 1.54) is 0 Å². The predicted molar refractivity (Wildman–Crippen MR) is 68.8 cm³/mol. The highest BCUT2D eigenvalue weighted by atomic mass is 16.3. The summed E-state index contributed by atoms with van der Waals surface area (Å²) < 4.78 is 0. The van der Waals surface area contributed by atoms with Gasteiger partial charge in [0.15, 0.2) is 0 Å². The molecule has 1 atom stereocenters. The second-order valence-electron chi connectivity index (χ2n) is 6.12. The maximum atomic E-state index is 12.0. The van der Waals surface area contributed by atoms with Gasteiger partial charge in [-0.2, -0.15) is 0 Å². The van der Waals surface area contributed by atoms with Crippen molar-refractivity contribution in [3.63, 3.8) is 0 Å². The third-order valence-corrected chi connectivity index (χ3v) is 3.03. The highest BCUT2D eigenvalue weighted by Gasteiger charge is 2.36. The van der Waals surface area contributed by atoms with E-state index in [4.69, 9.17) is 5.11 Å². The Morgan fingerprint density at radius 1 is 1.56 bits per heavy atom. The number of hydrogen-bond acceptors (Lipinski definition) is 3. The van der Waals surface area contributed by atoms with Crippen LogP contribution in [0.15, 0.2) is 0 Å². The molecule has 0 aliphatic carbocycles. The van der Waals surface area contributed by atoms with Crippen LogP contribution in [-0.4, -0.2) is 47.1 Å². The molecule has 2 amide bonds. The van der Waals surface area contributed by atoms with Gasteiger partial charge in [-0.1, -0.05) is 13.8 Å². The lowest BCUT2D eigenvalue weighted by Gasteiger charge is -2.25. The van der Waals surface area contributed by atoms with E-state index < -0.39 is 5.54 Å². The molecule has 0 bridgehead atoms. The van der Waals surface area contributed by atoms with Crippen LogP contribution in [0.5, 0.6) is 0 Å². The summed E-state index contributed by atoms with van der Waals surface area (Å²) >= 11 is 0. The number of carbonyl (C=O) groups is 2. The molecule has 1 aliphatic rings. The van der Waals surface area contributed by atoms with Gasteiger partial charge >= 0.3 is 0 Å². The van der Waals surface area contributed by atoms with Crippen molar-refractivity contribution >= 4 is 11.8 Å². The maximum absolute atomic E-state index is 12.0. The van der Waals surface area contributed by atoms with E-state index in [2.05, 4.69) is 19.2 Å². The van der Waals surface area contributed by atoms with Crippen LogP contribution in [0.2, 0.25) is 0 Å². The number of amides is 2. The van der Waals surface area contributed by atoms with Gasteiger partial charge in [0.1, 0.15) is 0 Å². The first-order valence-corrected chi connectivity index (χ1v) is 6.46. The Morgan fingerprint density at radius 2 is 2.17 bits per heavy atom. The monoisotopic (exact) mass is 256 g/mol. The van der Waals surface area contributed by atoms with Gasteiger partial charge in [0.25, 0.3) is 0 Å². The van der Waals surface area contributed by atoms with Crippen LogP contribution in [0.1, 0.15) is 34.1 Å². The van der Waals surface area contributed by atoms with E-state index in [0.717, 1.165) is 0 Å². The summed E-state index contributed by atoms with van der Waals surface area (Å²) in [4.78, 5) is 25.5. The lowest BCUT2D eigenvalue weighted by molar-refractivity contribution is -0.129.